The molecule has 5 aliphatic heterocycles. The quantitative estimate of drug-likeness (QED) is 0.0155. The van der Waals surface area contributed by atoms with E-state index >= 15 is 0 Å². The van der Waals surface area contributed by atoms with Crippen LogP contribution >= 0.6 is 0 Å². The lowest BCUT2D eigenvalue weighted by Gasteiger charge is -2.50. The molecule has 96 heavy (non-hydrogen) atoms. The van der Waals surface area contributed by atoms with E-state index < -0.39 is 165 Å². The van der Waals surface area contributed by atoms with Crippen LogP contribution in [0.25, 0.3) is 0 Å². The third kappa shape index (κ3) is 27.6. The zero-order chi connectivity index (χ0) is 71.6. The SMILES string of the molecule is CCC(=O)OC(O)CC.CCCCCC(=O)NC1[C@H](OC)OC(COCCO)[C@H](O[C@@H]2OC(COCCO)[C@H](O[C@@H]3OC(COCCO)[C@H](C)[C@@H](O)C3N)[C@@H](O)C2NC(C)=O)[C@H]1O.CO[C@@H]1OC(COCCO)[C@H](O[C@@H]2OC(COCCO)[C@H](C)[C@@H](O)C2N)[C@@H](O)C1NC(C)=O. The van der Waals surface area contributed by atoms with Gasteiger partial charge in [0, 0.05) is 59.2 Å². The number of esters is 1. The molecule has 26 atom stereocenters. The second-order valence-electron chi connectivity index (χ2n) is 23.5. The Bertz CT molecular complexity index is 2130. The number of nitrogens with one attached hydrogen (secondary N) is 3. The van der Waals surface area contributed by atoms with E-state index in [1.165, 1.54) is 28.1 Å². The monoisotopic (exact) mass is 1400 g/mol. The first kappa shape index (κ1) is 87.0. The lowest BCUT2D eigenvalue weighted by Crippen LogP contribution is -2.70. The van der Waals surface area contributed by atoms with Crippen molar-refractivity contribution in [2.75, 3.05) is 113 Å². The number of unbranched alkanes of at least 4 members (excludes halogenated alkanes) is 2. The van der Waals surface area contributed by atoms with E-state index in [1.807, 2.05) is 6.92 Å². The fourth-order valence-electron chi connectivity index (χ4n) is 10.9. The van der Waals surface area contributed by atoms with Crippen molar-refractivity contribution in [3.63, 3.8) is 0 Å². The summed E-state index contributed by atoms with van der Waals surface area (Å²) in [5.74, 6) is -2.56. The number of methoxy groups -OCH3 is 2. The summed E-state index contributed by atoms with van der Waals surface area (Å²) in [5, 5.41) is 119. The molecule has 5 heterocycles. The van der Waals surface area contributed by atoms with Gasteiger partial charge in [-0.3, -0.25) is 19.2 Å². The molecule has 0 aromatic heterocycles. The van der Waals surface area contributed by atoms with Crippen LogP contribution in [0.3, 0.4) is 0 Å². The van der Waals surface area contributed by atoms with Gasteiger partial charge in [0.05, 0.1) is 136 Å². The predicted octanol–water partition coefficient (Wildman–Crippen LogP) is -6.44. The van der Waals surface area contributed by atoms with Crippen molar-refractivity contribution in [1.82, 2.24) is 16.0 Å². The van der Waals surface area contributed by atoms with Gasteiger partial charge in [-0.1, -0.05) is 47.5 Å². The van der Waals surface area contributed by atoms with Gasteiger partial charge in [0.1, 0.15) is 73.1 Å². The highest BCUT2D eigenvalue weighted by Gasteiger charge is 2.55. The Morgan fingerprint density at radius 1 is 0.469 bits per heavy atom. The molecule has 5 saturated heterocycles. The highest BCUT2D eigenvalue weighted by molar-refractivity contribution is 5.76. The molecule has 564 valence electrons. The smallest absolute Gasteiger partial charge is 0.307 e. The molecule has 18 N–H and O–H groups in total. The van der Waals surface area contributed by atoms with Crippen molar-refractivity contribution in [3.8, 4) is 0 Å². The molecule has 0 aromatic rings. The molecule has 0 aliphatic carbocycles. The van der Waals surface area contributed by atoms with Gasteiger partial charge in [0.25, 0.3) is 0 Å². The highest BCUT2D eigenvalue weighted by atomic mass is 16.8. The number of ether oxygens (including phenoxy) is 16. The minimum atomic E-state index is -1.61. The molecule has 36 nitrogen and oxygen atoms in total. The third-order valence-corrected chi connectivity index (χ3v) is 16.2. The van der Waals surface area contributed by atoms with Crippen LogP contribution < -0.4 is 27.4 Å². The van der Waals surface area contributed by atoms with Gasteiger partial charge in [-0.15, -0.1) is 0 Å². The fraction of sp³-hybridized carbons (Fsp3) is 0.933. The molecule has 0 aromatic carbocycles. The van der Waals surface area contributed by atoms with Gasteiger partial charge in [-0.05, 0) is 6.42 Å². The topological polar surface area (TPSA) is 527 Å². The first-order chi connectivity index (χ1) is 45.9. The number of aliphatic hydroxyl groups excluding tert-OH is 11. The second kappa shape index (κ2) is 47.0. The van der Waals surface area contributed by atoms with Crippen LogP contribution in [0.1, 0.15) is 87.0 Å². The summed E-state index contributed by atoms with van der Waals surface area (Å²) in [6.07, 6.45) is -18.3. The molecule has 0 radical (unpaired) electrons. The Labute approximate surface area is 560 Å². The van der Waals surface area contributed by atoms with Crippen molar-refractivity contribution < 1.29 is 151 Å². The van der Waals surface area contributed by atoms with Gasteiger partial charge in [-0.2, -0.15) is 0 Å². The third-order valence-electron chi connectivity index (χ3n) is 16.2. The normalized spacial score (nSPS) is 35.7. The van der Waals surface area contributed by atoms with Crippen molar-refractivity contribution >= 4 is 23.7 Å². The Balaban J connectivity index is 0.000000481. The first-order valence-corrected chi connectivity index (χ1v) is 32.7. The summed E-state index contributed by atoms with van der Waals surface area (Å²) < 4.78 is 91.4. The van der Waals surface area contributed by atoms with Crippen LogP contribution in [0.2, 0.25) is 0 Å². The lowest BCUT2D eigenvalue weighted by molar-refractivity contribution is -0.351. The molecule has 3 amide bonds. The van der Waals surface area contributed by atoms with E-state index in [9.17, 15) is 54.9 Å². The average Bonchev–Trinajstić information content (AvgIpc) is 0.785. The van der Waals surface area contributed by atoms with Gasteiger partial charge >= 0.3 is 5.97 Å². The van der Waals surface area contributed by atoms with Gasteiger partial charge in [0.15, 0.2) is 37.7 Å². The summed E-state index contributed by atoms with van der Waals surface area (Å²) >= 11 is 0. The van der Waals surface area contributed by atoms with Gasteiger partial charge in [0.2, 0.25) is 17.7 Å². The molecular formula is C60H113N5O31. The van der Waals surface area contributed by atoms with Crippen LogP contribution in [-0.2, 0) is 95.0 Å². The summed E-state index contributed by atoms with van der Waals surface area (Å²) in [5.41, 5.74) is 12.5. The van der Waals surface area contributed by atoms with E-state index in [2.05, 4.69) is 20.7 Å². The minimum absolute atomic E-state index is 0.00163. The van der Waals surface area contributed by atoms with Gasteiger partial charge < -0.3 is 159 Å². The number of carbonyl (C=O) groups is 4. The van der Waals surface area contributed by atoms with Gasteiger partial charge in [-0.25, -0.2) is 0 Å². The number of rotatable bonds is 38. The zero-order valence-electron chi connectivity index (χ0n) is 56.6. The van der Waals surface area contributed by atoms with Crippen molar-refractivity contribution in [3.05, 3.63) is 0 Å². The molecule has 5 fully saturated rings. The maximum atomic E-state index is 12.9. The maximum Gasteiger partial charge on any atom is 0.307 e. The molecule has 0 saturated carbocycles. The second-order valence-corrected chi connectivity index (χ2v) is 23.5. The van der Waals surface area contributed by atoms with Crippen molar-refractivity contribution in [2.24, 2.45) is 23.3 Å². The van der Waals surface area contributed by atoms with E-state index in [4.69, 9.17) is 103 Å². The van der Waals surface area contributed by atoms with Crippen LogP contribution in [-0.4, -0.2) is 340 Å². The van der Waals surface area contributed by atoms with E-state index in [0.29, 0.717) is 19.3 Å². The van der Waals surface area contributed by atoms with Crippen LogP contribution in [0, 0.1) is 11.8 Å². The Morgan fingerprint density at radius 2 is 0.792 bits per heavy atom. The summed E-state index contributed by atoms with van der Waals surface area (Å²) in [6, 6.07) is -5.48. The Kier molecular flexibility index (Phi) is 42.6. The molecular weight excluding hydrogens is 1290 g/mol. The summed E-state index contributed by atoms with van der Waals surface area (Å²) in [6.45, 7) is 9.76. The Hall–Kier alpha value is -3.24. The zero-order valence-corrected chi connectivity index (χ0v) is 56.6. The molecule has 0 spiro atoms. The number of hydrogen-bond donors (Lipinski definition) is 16. The molecule has 5 aliphatic rings. The van der Waals surface area contributed by atoms with Crippen LogP contribution in [0.5, 0.6) is 0 Å². The number of carbonyl (C=O) groups excluding carboxylic acids is 4. The maximum absolute atomic E-state index is 12.9. The number of aliphatic hydroxyl groups is 11. The van der Waals surface area contributed by atoms with E-state index in [-0.39, 0.29) is 123 Å². The molecule has 36 heteroatoms. The number of amides is 3. The van der Waals surface area contributed by atoms with Crippen molar-refractivity contribution in [1.29, 1.82) is 0 Å². The molecule has 0 bridgehead atoms. The lowest BCUT2D eigenvalue weighted by atomic mass is 9.89. The fourth-order valence-corrected chi connectivity index (χ4v) is 10.9. The van der Waals surface area contributed by atoms with Crippen molar-refractivity contribution in [2.45, 2.75) is 234 Å². The average molecular weight is 1400 g/mol. The molecule has 5 rings (SSSR count). The standard InChI is InChI=1S/C34H63N3O17.C20H38N2O11.C6H12O3/c1-5-6-7-8-23(42)37-25-28(44)31(21(16-48-13-10-39)51-33(25)46-4)54-34-26(36-19(3)41)29(45)30(22(52-34)17-49-14-11-40)53-32-24(35)27(43)18(2)20(50-32)15-47-12-9-38;1-10-12(8-29-6-4-23)31-19(14(21)16(10)26)33-18-13(9-30-7-5-24)32-20(28-3)15(17(18)27)22-11(2)25;1-3-5(7)9-6(8)4-2/h18,20-22,24-34,38-40,43-45H,5-17,35H2,1-4H3,(H,36,41)(H,37,42);10,12-20,23-24,26-27H,4-9,21H2,1-3H3,(H,22,25);5,7H,3-4H2,1-2H3/t18-,20?,21?,22?,24?,25?,26?,27+,28-,29-,30-,31-,32-,33+,34-;10-,12?,13?,14?,15?,16+,17-,18-,19-,20+;/m00./s1. The first-order valence-electron chi connectivity index (χ1n) is 32.7. The largest absolute Gasteiger partial charge is 0.436 e. The van der Waals surface area contributed by atoms with E-state index in [1.54, 1.807) is 27.7 Å². The molecule has 11 unspecified atom stereocenters. The summed E-state index contributed by atoms with van der Waals surface area (Å²) in [4.78, 5) is 47.5. The minimum Gasteiger partial charge on any atom is -0.436 e. The van der Waals surface area contributed by atoms with Crippen LogP contribution in [0.4, 0.5) is 0 Å². The van der Waals surface area contributed by atoms with Crippen LogP contribution in [0.15, 0.2) is 0 Å². The Morgan fingerprint density at radius 3 is 1.11 bits per heavy atom. The number of hydrogen-bond acceptors (Lipinski definition) is 33. The summed E-state index contributed by atoms with van der Waals surface area (Å²) in [7, 11) is 2.71. The predicted molar refractivity (Wildman–Crippen MR) is 330 cm³/mol. The van der Waals surface area contributed by atoms with E-state index in [0.717, 1.165) is 12.8 Å². The highest BCUT2D eigenvalue weighted by Crippen LogP contribution is 2.35. The number of nitrogens with two attached hydrogens (primary N) is 2.